The molecule has 1 atom stereocenters. The van der Waals surface area contributed by atoms with Crippen LogP contribution in [0.15, 0.2) is 59.5 Å². The highest BCUT2D eigenvalue weighted by Gasteiger charge is 2.20. The van der Waals surface area contributed by atoms with Gasteiger partial charge in [-0.1, -0.05) is 18.2 Å². The van der Waals surface area contributed by atoms with E-state index in [0.717, 1.165) is 4.90 Å². The molecule has 7 heteroatoms. The van der Waals surface area contributed by atoms with Crippen molar-refractivity contribution < 1.29 is 23.5 Å². The summed E-state index contributed by atoms with van der Waals surface area (Å²) in [6, 6.07) is 13.7. The van der Waals surface area contributed by atoms with Crippen molar-refractivity contribution in [3.8, 4) is 0 Å². The Balaban J connectivity index is 2.33. The number of nitrogens with zero attached hydrogens (tertiary/aromatic N) is 1. The van der Waals surface area contributed by atoms with Gasteiger partial charge in [0.25, 0.3) is 5.91 Å². The predicted molar refractivity (Wildman–Crippen MR) is 79.4 cm³/mol. The van der Waals surface area contributed by atoms with Crippen molar-refractivity contribution in [3.63, 3.8) is 0 Å². The molecule has 0 aliphatic rings. The monoisotopic (exact) mass is 318 g/mol. The van der Waals surface area contributed by atoms with Crippen molar-refractivity contribution in [2.24, 2.45) is 0 Å². The first-order valence-corrected chi connectivity index (χ1v) is 7.34. The molecule has 0 saturated carbocycles. The Bertz CT molecular complexity index is 700. The molecule has 0 fully saturated rings. The third kappa shape index (κ3) is 3.78. The molecule has 2 rings (SSSR count). The molecule has 114 valence electrons. The number of carboxylic acids is 1. The number of anilines is 1. The lowest BCUT2D eigenvalue weighted by Crippen LogP contribution is -2.35. The molecule has 0 radical (unpaired) electrons. The Labute approximate surface area is 129 Å². The van der Waals surface area contributed by atoms with Crippen LogP contribution >= 0.6 is 0 Å². The van der Waals surface area contributed by atoms with Gasteiger partial charge in [-0.25, -0.2) is 0 Å². The first-order valence-electron chi connectivity index (χ1n) is 6.27. The van der Waals surface area contributed by atoms with Crippen LogP contribution in [0.4, 0.5) is 5.69 Å². The number of carbonyl (C=O) groups excluding carboxylic acids is 1. The standard InChI is InChI=1S/C15H13NO5S/c17-14(18)10-16(12-4-2-1-3-5-12)15(19)11-6-8-13(9-7-11)22(20)21/h1-9H,10H2,(H,17,18)(H,20,21)/p-1. The number of hydrogen-bond donors (Lipinski definition) is 1. The molecule has 0 bridgehead atoms. The lowest BCUT2D eigenvalue weighted by molar-refractivity contribution is -0.135. The zero-order valence-corrected chi connectivity index (χ0v) is 12.2. The fraction of sp³-hybridized carbons (Fsp3) is 0.0667. The van der Waals surface area contributed by atoms with Crippen LogP contribution in [-0.2, 0) is 15.9 Å². The van der Waals surface area contributed by atoms with E-state index >= 15 is 0 Å². The maximum atomic E-state index is 12.5. The number of carbonyl (C=O) groups is 2. The number of benzene rings is 2. The third-order valence-corrected chi connectivity index (χ3v) is 3.56. The number of aliphatic carboxylic acids is 1. The number of amides is 1. The van der Waals surface area contributed by atoms with Crippen molar-refractivity contribution in [2.75, 3.05) is 11.4 Å². The van der Waals surface area contributed by atoms with Crippen LogP contribution in [0.2, 0.25) is 0 Å². The molecule has 1 N–H and O–H groups in total. The van der Waals surface area contributed by atoms with Crippen molar-refractivity contribution in [1.29, 1.82) is 0 Å². The second kappa shape index (κ2) is 6.97. The highest BCUT2D eigenvalue weighted by molar-refractivity contribution is 7.79. The van der Waals surface area contributed by atoms with Crippen LogP contribution in [0.25, 0.3) is 0 Å². The lowest BCUT2D eigenvalue weighted by atomic mass is 10.2. The highest BCUT2D eigenvalue weighted by atomic mass is 32.2. The van der Waals surface area contributed by atoms with Crippen molar-refractivity contribution >= 4 is 28.6 Å². The normalized spacial score (nSPS) is 11.7. The van der Waals surface area contributed by atoms with E-state index in [1.807, 2.05) is 0 Å². The van der Waals surface area contributed by atoms with Gasteiger partial charge in [-0.05, 0) is 47.5 Å². The Morgan fingerprint density at radius 3 is 2.14 bits per heavy atom. The zero-order chi connectivity index (χ0) is 16.1. The van der Waals surface area contributed by atoms with Gasteiger partial charge < -0.3 is 9.66 Å². The first-order chi connectivity index (χ1) is 10.5. The second-order valence-corrected chi connectivity index (χ2v) is 5.32. The topological polar surface area (TPSA) is 97.7 Å². The summed E-state index contributed by atoms with van der Waals surface area (Å²) in [6.45, 7) is -0.488. The molecular weight excluding hydrogens is 306 g/mol. The van der Waals surface area contributed by atoms with Gasteiger partial charge in [0.05, 0.1) is 0 Å². The summed E-state index contributed by atoms with van der Waals surface area (Å²) in [5.74, 6) is -1.66. The molecule has 0 spiro atoms. The van der Waals surface area contributed by atoms with Crippen LogP contribution in [-0.4, -0.2) is 32.3 Å². The van der Waals surface area contributed by atoms with Gasteiger partial charge in [-0.3, -0.25) is 18.7 Å². The van der Waals surface area contributed by atoms with E-state index in [-0.39, 0.29) is 10.5 Å². The van der Waals surface area contributed by atoms with Crippen LogP contribution in [0.5, 0.6) is 0 Å². The van der Waals surface area contributed by atoms with E-state index < -0.39 is 29.5 Å². The third-order valence-electron chi connectivity index (χ3n) is 2.90. The molecule has 0 aliphatic heterocycles. The quantitative estimate of drug-likeness (QED) is 0.845. The molecule has 0 aliphatic carbocycles. The molecule has 6 nitrogen and oxygen atoms in total. The van der Waals surface area contributed by atoms with Gasteiger partial charge in [0.1, 0.15) is 6.54 Å². The lowest BCUT2D eigenvalue weighted by Gasteiger charge is -2.21. The Kier molecular flexibility index (Phi) is 5.03. The summed E-state index contributed by atoms with van der Waals surface area (Å²) in [5.41, 5.74) is 0.658. The van der Waals surface area contributed by atoms with Gasteiger partial charge in [-0.15, -0.1) is 0 Å². The largest absolute Gasteiger partial charge is 0.768 e. The number of hydrogen-bond acceptors (Lipinski definition) is 4. The summed E-state index contributed by atoms with van der Waals surface area (Å²) in [4.78, 5) is 24.6. The number of para-hydroxylation sites is 1. The van der Waals surface area contributed by atoms with E-state index in [1.165, 1.54) is 24.3 Å². The average Bonchev–Trinajstić information content (AvgIpc) is 2.52. The van der Waals surface area contributed by atoms with Gasteiger partial charge in [0, 0.05) is 16.1 Å². The molecule has 0 heterocycles. The summed E-state index contributed by atoms with van der Waals surface area (Å²) >= 11 is -2.38. The summed E-state index contributed by atoms with van der Waals surface area (Å²) < 4.78 is 21.6. The van der Waals surface area contributed by atoms with Gasteiger partial charge >= 0.3 is 5.97 Å². The predicted octanol–water partition coefficient (Wildman–Crippen LogP) is 1.66. The fourth-order valence-electron chi connectivity index (χ4n) is 1.89. The molecule has 0 saturated heterocycles. The Morgan fingerprint density at radius 2 is 1.64 bits per heavy atom. The van der Waals surface area contributed by atoms with Crippen LogP contribution in [0.1, 0.15) is 10.4 Å². The van der Waals surface area contributed by atoms with Crippen LogP contribution in [0, 0.1) is 0 Å². The molecule has 1 unspecified atom stereocenters. The highest BCUT2D eigenvalue weighted by Crippen LogP contribution is 2.17. The van der Waals surface area contributed by atoms with Crippen LogP contribution in [0.3, 0.4) is 0 Å². The van der Waals surface area contributed by atoms with Gasteiger partial charge in [-0.2, -0.15) is 0 Å². The van der Waals surface area contributed by atoms with E-state index in [9.17, 15) is 18.4 Å². The molecule has 1 amide bonds. The molecular formula is C15H12NO5S-. The molecule has 0 aromatic heterocycles. The minimum Gasteiger partial charge on any atom is -0.768 e. The van der Waals surface area contributed by atoms with Crippen molar-refractivity contribution in [2.45, 2.75) is 4.90 Å². The smallest absolute Gasteiger partial charge is 0.323 e. The number of rotatable bonds is 5. The fourth-order valence-corrected chi connectivity index (χ4v) is 2.25. The minimum atomic E-state index is -2.38. The Hall–Kier alpha value is -2.51. The first kappa shape index (κ1) is 15.9. The average molecular weight is 318 g/mol. The second-order valence-electron chi connectivity index (χ2n) is 4.38. The maximum absolute atomic E-state index is 12.5. The molecule has 2 aromatic carbocycles. The van der Waals surface area contributed by atoms with E-state index in [1.54, 1.807) is 30.3 Å². The SMILES string of the molecule is O=C(O)CN(C(=O)c1ccc(S(=O)[O-])cc1)c1ccccc1. The summed E-state index contributed by atoms with van der Waals surface area (Å²) in [5, 5.41) is 8.98. The maximum Gasteiger partial charge on any atom is 0.323 e. The summed E-state index contributed by atoms with van der Waals surface area (Å²) in [6.07, 6.45) is 0. The van der Waals surface area contributed by atoms with Crippen LogP contribution < -0.4 is 4.90 Å². The summed E-state index contributed by atoms with van der Waals surface area (Å²) in [7, 11) is 0. The number of carboxylic acid groups (broad SMARTS) is 1. The minimum absolute atomic E-state index is 0.0565. The van der Waals surface area contributed by atoms with Gasteiger partial charge in [0.2, 0.25) is 0 Å². The van der Waals surface area contributed by atoms with E-state index in [2.05, 4.69) is 0 Å². The molecule has 2 aromatic rings. The van der Waals surface area contributed by atoms with E-state index in [0.29, 0.717) is 5.69 Å². The van der Waals surface area contributed by atoms with Crippen molar-refractivity contribution in [1.82, 2.24) is 0 Å². The Morgan fingerprint density at radius 1 is 1.05 bits per heavy atom. The zero-order valence-electron chi connectivity index (χ0n) is 11.3. The van der Waals surface area contributed by atoms with Gasteiger partial charge in [0.15, 0.2) is 0 Å². The molecule has 22 heavy (non-hydrogen) atoms. The van der Waals surface area contributed by atoms with Crippen molar-refractivity contribution in [3.05, 3.63) is 60.2 Å². The van der Waals surface area contributed by atoms with E-state index in [4.69, 9.17) is 5.11 Å².